The molecule has 1 aliphatic rings. The Morgan fingerprint density at radius 2 is 2.20 bits per heavy atom. The van der Waals surface area contributed by atoms with Gasteiger partial charge in [-0.2, -0.15) is 11.8 Å². The first-order valence-corrected chi connectivity index (χ1v) is 9.16. The molecule has 0 aliphatic heterocycles. The molecule has 0 spiro atoms. The fraction of sp³-hybridized carbons (Fsp3) is 0.625. The molecular formula is C16H25ClN2S. The normalized spacial score (nSPS) is 16.2. The molecule has 4 heteroatoms. The Hall–Kier alpha value is -0.380. The smallest absolute Gasteiger partial charge is 0.0413 e. The highest BCUT2D eigenvalue weighted by atomic mass is 35.5. The lowest BCUT2D eigenvalue weighted by Crippen LogP contribution is -2.34. The van der Waals surface area contributed by atoms with Gasteiger partial charge in [0.05, 0.1) is 0 Å². The molecule has 1 aromatic carbocycles. The van der Waals surface area contributed by atoms with Crippen molar-refractivity contribution in [2.45, 2.75) is 44.8 Å². The molecule has 2 nitrogen and oxygen atoms in total. The van der Waals surface area contributed by atoms with Crippen LogP contribution in [0.1, 0.15) is 31.7 Å². The molecule has 1 N–H and O–H groups in total. The van der Waals surface area contributed by atoms with Gasteiger partial charge in [0, 0.05) is 42.1 Å². The Morgan fingerprint density at radius 1 is 1.45 bits per heavy atom. The molecule has 0 bridgehead atoms. The van der Waals surface area contributed by atoms with Crippen LogP contribution >= 0.6 is 23.4 Å². The molecular weight excluding hydrogens is 288 g/mol. The number of hydrogen-bond donors (Lipinski definition) is 1. The van der Waals surface area contributed by atoms with Crippen molar-refractivity contribution in [2.24, 2.45) is 0 Å². The fourth-order valence-electron chi connectivity index (χ4n) is 2.47. The van der Waals surface area contributed by atoms with E-state index >= 15 is 0 Å². The van der Waals surface area contributed by atoms with Gasteiger partial charge in [0.15, 0.2) is 0 Å². The second kappa shape index (κ2) is 7.58. The maximum Gasteiger partial charge on any atom is 0.0413 e. The molecule has 1 atom stereocenters. The molecule has 1 aliphatic carbocycles. The van der Waals surface area contributed by atoms with Crippen molar-refractivity contribution in [2.75, 3.05) is 24.0 Å². The molecule has 0 aromatic heterocycles. The second-order valence-electron chi connectivity index (χ2n) is 5.56. The maximum atomic E-state index is 6.18. The fourth-order valence-corrected chi connectivity index (χ4v) is 3.51. The highest BCUT2D eigenvalue weighted by molar-refractivity contribution is 7.98. The Kier molecular flexibility index (Phi) is 6.06. The van der Waals surface area contributed by atoms with E-state index in [0.717, 1.165) is 29.8 Å². The predicted octanol–water partition coefficient (Wildman–Crippen LogP) is 4.17. The van der Waals surface area contributed by atoms with Crippen LogP contribution in [0, 0.1) is 0 Å². The van der Waals surface area contributed by atoms with Crippen LogP contribution in [-0.2, 0) is 6.54 Å². The third kappa shape index (κ3) is 4.31. The Labute approximate surface area is 132 Å². The van der Waals surface area contributed by atoms with E-state index in [9.17, 15) is 0 Å². The summed E-state index contributed by atoms with van der Waals surface area (Å²) >= 11 is 8.09. The minimum atomic E-state index is 0.575. The van der Waals surface area contributed by atoms with Gasteiger partial charge in [-0.05, 0) is 49.3 Å². The van der Waals surface area contributed by atoms with Gasteiger partial charge < -0.3 is 10.2 Å². The van der Waals surface area contributed by atoms with Gasteiger partial charge in [0.25, 0.3) is 0 Å². The minimum absolute atomic E-state index is 0.575. The van der Waals surface area contributed by atoms with Crippen LogP contribution in [0.3, 0.4) is 0 Å². The SMILES string of the molecule is CCC(CSC)N(C)c1ccc(Cl)cc1CNC1CC1. The van der Waals surface area contributed by atoms with Crippen molar-refractivity contribution >= 4 is 29.1 Å². The molecule has 0 amide bonds. The number of hydrogen-bond acceptors (Lipinski definition) is 3. The Morgan fingerprint density at radius 3 is 2.80 bits per heavy atom. The average molecular weight is 313 g/mol. The quantitative estimate of drug-likeness (QED) is 0.775. The standard InChI is InChI=1S/C16H25ClN2S/c1-4-15(11-20-3)19(2)16-8-5-13(17)9-12(16)10-18-14-6-7-14/h5,8-9,14-15,18H,4,6-7,10-11H2,1-3H3. The third-order valence-corrected chi connectivity index (χ3v) is 4.91. The summed E-state index contributed by atoms with van der Waals surface area (Å²) in [6.07, 6.45) is 5.97. The molecule has 0 saturated heterocycles. The first-order valence-electron chi connectivity index (χ1n) is 7.39. The van der Waals surface area contributed by atoms with E-state index in [4.69, 9.17) is 11.6 Å². The highest BCUT2D eigenvalue weighted by Crippen LogP contribution is 2.28. The van der Waals surface area contributed by atoms with Gasteiger partial charge in [-0.15, -0.1) is 0 Å². The molecule has 20 heavy (non-hydrogen) atoms. The number of rotatable bonds is 8. The number of anilines is 1. The van der Waals surface area contributed by atoms with E-state index in [1.165, 1.54) is 24.1 Å². The summed E-state index contributed by atoms with van der Waals surface area (Å²) in [7, 11) is 2.20. The monoisotopic (exact) mass is 312 g/mol. The van der Waals surface area contributed by atoms with Crippen molar-refractivity contribution in [3.63, 3.8) is 0 Å². The second-order valence-corrected chi connectivity index (χ2v) is 6.90. The van der Waals surface area contributed by atoms with Crippen LogP contribution in [0.4, 0.5) is 5.69 Å². The Bertz CT molecular complexity index is 434. The van der Waals surface area contributed by atoms with Crippen LogP contribution < -0.4 is 10.2 Å². The van der Waals surface area contributed by atoms with Crippen molar-refractivity contribution < 1.29 is 0 Å². The topological polar surface area (TPSA) is 15.3 Å². The summed E-state index contributed by atoms with van der Waals surface area (Å²) in [4.78, 5) is 2.41. The zero-order valence-corrected chi connectivity index (χ0v) is 14.2. The number of halogens is 1. The van der Waals surface area contributed by atoms with Gasteiger partial charge >= 0.3 is 0 Å². The van der Waals surface area contributed by atoms with Gasteiger partial charge in [0.2, 0.25) is 0 Å². The summed E-state index contributed by atoms with van der Waals surface area (Å²) in [6.45, 7) is 3.18. The summed E-state index contributed by atoms with van der Waals surface area (Å²) in [5.74, 6) is 1.16. The van der Waals surface area contributed by atoms with Crippen molar-refractivity contribution in [1.82, 2.24) is 5.32 Å². The molecule has 2 rings (SSSR count). The third-order valence-electron chi connectivity index (χ3n) is 3.96. The van der Waals surface area contributed by atoms with Gasteiger partial charge in [-0.3, -0.25) is 0 Å². The van der Waals surface area contributed by atoms with Gasteiger partial charge in [0.1, 0.15) is 0 Å². The predicted molar refractivity (Wildman–Crippen MR) is 92.2 cm³/mol. The highest BCUT2D eigenvalue weighted by Gasteiger charge is 2.21. The lowest BCUT2D eigenvalue weighted by molar-refractivity contribution is 0.656. The minimum Gasteiger partial charge on any atom is -0.371 e. The largest absolute Gasteiger partial charge is 0.371 e. The van der Waals surface area contributed by atoms with Crippen LogP contribution in [0.25, 0.3) is 0 Å². The molecule has 0 heterocycles. The van der Waals surface area contributed by atoms with Crippen molar-refractivity contribution in [3.8, 4) is 0 Å². The van der Waals surface area contributed by atoms with E-state index in [1.54, 1.807) is 0 Å². The van der Waals surface area contributed by atoms with Gasteiger partial charge in [-0.1, -0.05) is 18.5 Å². The lowest BCUT2D eigenvalue weighted by atomic mass is 10.1. The van der Waals surface area contributed by atoms with Gasteiger partial charge in [-0.25, -0.2) is 0 Å². The molecule has 1 saturated carbocycles. The van der Waals surface area contributed by atoms with Crippen LogP contribution in [0.5, 0.6) is 0 Å². The van der Waals surface area contributed by atoms with Crippen LogP contribution in [0.2, 0.25) is 5.02 Å². The Balaban J connectivity index is 2.14. The zero-order chi connectivity index (χ0) is 14.5. The van der Waals surface area contributed by atoms with E-state index in [-0.39, 0.29) is 0 Å². The molecule has 0 radical (unpaired) electrons. The van der Waals surface area contributed by atoms with E-state index < -0.39 is 0 Å². The van der Waals surface area contributed by atoms with E-state index in [1.807, 2.05) is 17.8 Å². The lowest BCUT2D eigenvalue weighted by Gasteiger charge is -2.31. The average Bonchev–Trinajstić information content (AvgIpc) is 3.26. The van der Waals surface area contributed by atoms with Crippen LogP contribution in [-0.4, -0.2) is 31.1 Å². The summed E-state index contributed by atoms with van der Waals surface area (Å²) in [5, 5.41) is 4.42. The number of nitrogens with one attached hydrogen (secondary N) is 1. The molecule has 112 valence electrons. The molecule has 1 aromatic rings. The van der Waals surface area contributed by atoms with E-state index in [2.05, 4.69) is 42.6 Å². The van der Waals surface area contributed by atoms with Crippen molar-refractivity contribution in [1.29, 1.82) is 0 Å². The number of benzene rings is 1. The molecule has 1 fully saturated rings. The first kappa shape index (κ1) is 16.0. The zero-order valence-electron chi connectivity index (χ0n) is 12.7. The van der Waals surface area contributed by atoms with Crippen molar-refractivity contribution in [3.05, 3.63) is 28.8 Å². The number of nitrogens with zero attached hydrogens (tertiary/aromatic N) is 1. The van der Waals surface area contributed by atoms with Crippen LogP contribution in [0.15, 0.2) is 18.2 Å². The number of thioether (sulfide) groups is 1. The summed E-state index contributed by atoms with van der Waals surface area (Å²) in [5.41, 5.74) is 2.62. The summed E-state index contributed by atoms with van der Waals surface area (Å²) in [6, 6.07) is 7.56. The summed E-state index contributed by atoms with van der Waals surface area (Å²) < 4.78 is 0. The molecule has 1 unspecified atom stereocenters. The van der Waals surface area contributed by atoms with E-state index in [0.29, 0.717) is 6.04 Å². The maximum absolute atomic E-state index is 6.18. The first-order chi connectivity index (χ1) is 9.65.